The van der Waals surface area contributed by atoms with E-state index in [0.29, 0.717) is 0 Å². The first-order valence-corrected chi connectivity index (χ1v) is 0. The molecule has 6 heavy (non-hydrogen) atoms. The molecule has 0 aliphatic carbocycles. The molecule has 0 spiro atoms. The third kappa shape index (κ3) is 29.3. The Morgan fingerprint density at radius 1 is 1.00 bits per heavy atom. The molecule has 0 aliphatic heterocycles. The summed E-state index contributed by atoms with van der Waals surface area (Å²) in [7, 11) is 0. The van der Waals surface area contributed by atoms with E-state index in [4.69, 9.17) is 0 Å². The first kappa shape index (κ1) is 68.6. The molecule has 6 radical (unpaired) electrons. The Hall–Kier alpha value is 2.79. The molecule has 44 valence electrons. The smallest absolute Gasteiger partial charge is 0 e. The van der Waals surface area contributed by atoms with Crippen molar-refractivity contribution in [1.29, 1.82) is 0 Å². The Kier molecular flexibility index (Phi) is 528. The van der Waals surface area contributed by atoms with Crippen LogP contribution in [0.2, 0.25) is 0 Å². The molecule has 6 heteroatoms. The monoisotopic (exact) mass is 308 g/mol. The van der Waals surface area contributed by atoms with Crippen molar-refractivity contribution < 1.29 is 84.8 Å². The first-order valence-electron chi connectivity index (χ1n) is 0. The van der Waals surface area contributed by atoms with Crippen LogP contribution in [-0.4, -0.2) is 11.0 Å². The largest absolute Gasteiger partial charge is 0 e. The second-order valence-electron chi connectivity index (χ2n) is 0. The van der Waals surface area contributed by atoms with Crippen LogP contribution in [0.1, 0.15) is 0 Å². The Bertz CT molecular complexity index is 15.5. The van der Waals surface area contributed by atoms with Gasteiger partial charge in [0.15, 0.2) is 0 Å². The van der Waals surface area contributed by atoms with Crippen LogP contribution in [0.3, 0.4) is 0 Å². The molecule has 0 saturated carbocycles. The zero-order valence-corrected chi connectivity index (χ0v) is 8.88. The van der Waals surface area contributed by atoms with Gasteiger partial charge < -0.3 is 0 Å². The van der Waals surface area contributed by atoms with Crippen LogP contribution >= 0.6 is 0 Å². The van der Waals surface area contributed by atoms with Gasteiger partial charge in [0.25, 0.3) is 0 Å². The van der Waals surface area contributed by atoms with Gasteiger partial charge in [0, 0.05) is 95.7 Å². The first-order chi connectivity index (χ1) is 0. The van der Waals surface area contributed by atoms with Crippen LogP contribution in [0.5, 0.6) is 0 Å². The molecular formula is CoCrFeMnNiSi. The predicted octanol–water partition coefficient (Wildman–Crippen LogP) is -0.393. The van der Waals surface area contributed by atoms with Gasteiger partial charge in [-0.05, 0) is 0 Å². The van der Waals surface area contributed by atoms with Crippen molar-refractivity contribution in [3.63, 3.8) is 0 Å². The van der Waals surface area contributed by atoms with Gasteiger partial charge in [-0.3, -0.25) is 0 Å². The van der Waals surface area contributed by atoms with E-state index in [1.54, 1.807) is 0 Å². The van der Waals surface area contributed by atoms with E-state index in [9.17, 15) is 0 Å². The molecule has 0 unspecified atom stereocenters. The Labute approximate surface area is 94.6 Å². The van der Waals surface area contributed by atoms with Crippen molar-refractivity contribution in [3.05, 3.63) is 0 Å². The minimum absolute atomic E-state index is 0. The van der Waals surface area contributed by atoms with E-state index in [0.717, 1.165) is 0 Å². The third-order valence-electron chi connectivity index (χ3n) is 0. The van der Waals surface area contributed by atoms with E-state index in [2.05, 4.69) is 0 Å². The normalized spacial score (nSPS) is 0. The molecule has 0 saturated heterocycles. The van der Waals surface area contributed by atoms with E-state index in [-0.39, 0.29) is 95.7 Å². The fourth-order valence-corrected chi connectivity index (χ4v) is 0. The van der Waals surface area contributed by atoms with Gasteiger partial charge in [-0.2, -0.15) is 0 Å². The maximum Gasteiger partial charge on any atom is 0 e. The Morgan fingerprint density at radius 3 is 1.00 bits per heavy atom. The van der Waals surface area contributed by atoms with Crippen molar-refractivity contribution in [2.75, 3.05) is 0 Å². The molecule has 0 N–H and O–H groups in total. The van der Waals surface area contributed by atoms with E-state index in [1.807, 2.05) is 0 Å². The second-order valence-corrected chi connectivity index (χ2v) is 0. The van der Waals surface area contributed by atoms with Gasteiger partial charge >= 0.3 is 0 Å². The summed E-state index contributed by atoms with van der Waals surface area (Å²) in [6.45, 7) is 0. The van der Waals surface area contributed by atoms with E-state index < -0.39 is 0 Å². The van der Waals surface area contributed by atoms with Crippen LogP contribution in [0.4, 0.5) is 0 Å². The minimum Gasteiger partial charge on any atom is 0 e. The molecule has 0 aromatic rings. The maximum atomic E-state index is 0. The molecule has 0 rings (SSSR count). The van der Waals surface area contributed by atoms with Gasteiger partial charge in [-0.25, -0.2) is 0 Å². The van der Waals surface area contributed by atoms with Crippen molar-refractivity contribution in [3.8, 4) is 0 Å². The van der Waals surface area contributed by atoms with Crippen LogP contribution < -0.4 is 0 Å². The Balaban J connectivity index is 0. The molecule has 0 fully saturated rings. The molecule has 0 heterocycles. The average molecular weight is 308 g/mol. The van der Waals surface area contributed by atoms with Crippen molar-refractivity contribution in [2.24, 2.45) is 0 Å². The van der Waals surface area contributed by atoms with E-state index in [1.165, 1.54) is 0 Å². The van der Waals surface area contributed by atoms with Crippen LogP contribution in [0.25, 0.3) is 0 Å². The fraction of sp³-hybridized carbons (Fsp3) is 0. The molecule has 0 bridgehead atoms. The van der Waals surface area contributed by atoms with Gasteiger partial charge in [-0.15, -0.1) is 0 Å². The predicted molar refractivity (Wildman–Crippen MR) is 5.75 cm³/mol. The van der Waals surface area contributed by atoms with Gasteiger partial charge in [0.2, 0.25) is 0 Å². The summed E-state index contributed by atoms with van der Waals surface area (Å²) in [5.41, 5.74) is 0. The molecule has 0 amide bonds. The molecule has 0 aromatic heterocycles. The molecule has 0 nitrogen and oxygen atoms in total. The zero-order chi connectivity index (χ0) is 0. The number of hydrogen-bond acceptors (Lipinski definition) is 0. The fourth-order valence-electron chi connectivity index (χ4n) is 0. The quantitative estimate of drug-likeness (QED) is 0.535. The van der Waals surface area contributed by atoms with Gasteiger partial charge in [0.1, 0.15) is 0 Å². The number of hydrogen-bond donors (Lipinski definition) is 0. The summed E-state index contributed by atoms with van der Waals surface area (Å²) in [6, 6.07) is 0. The van der Waals surface area contributed by atoms with Crippen LogP contribution in [0, 0.1) is 0 Å². The topological polar surface area (TPSA) is 0 Å². The van der Waals surface area contributed by atoms with Crippen LogP contribution in [-0.2, 0) is 84.8 Å². The van der Waals surface area contributed by atoms with E-state index >= 15 is 0 Å². The van der Waals surface area contributed by atoms with Crippen molar-refractivity contribution >= 4 is 11.0 Å². The maximum absolute atomic E-state index is 0. The molecular weight excluding hydrogens is 308 g/mol. The SMILES string of the molecule is [Co].[Cr].[Fe].[Mn].[Ni].[Si]. The summed E-state index contributed by atoms with van der Waals surface area (Å²) in [5, 5.41) is 0. The molecule has 0 aliphatic rings. The second kappa shape index (κ2) is 46.2. The zero-order valence-electron chi connectivity index (χ0n) is 2.29. The summed E-state index contributed by atoms with van der Waals surface area (Å²) in [5.74, 6) is 0. The van der Waals surface area contributed by atoms with Crippen LogP contribution in [0.15, 0.2) is 0 Å². The minimum atomic E-state index is 0. The van der Waals surface area contributed by atoms with Crippen molar-refractivity contribution in [2.45, 2.75) is 0 Å². The average Bonchev–Trinajstić information content (AvgIpc) is 0. The van der Waals surface area contributed by atoms with Gasteiger partial charge in [-0.1, -0.05) is 0 Å². The number of rotatable bonds is 0. The standard InChI is InChI=1S/Co.Cr.Fe.Mn.Ni.Si. The molecule has 0 aromatic carbocycles. The molecule has 0 atom stereocenters. The summed E-state index contributed by atoms with van der Waals surface area (Å²) < 4.78 is 0. The summed E-state index contributed by atoms with van der Waals surface area (Å²) in [4.78, 5) is 0. The summed E-state index contributed by atoms with van der Waals surface area (Å²) >= 11 is 0. The third-order valence-corrected chi connectivity index (χ3v) is 0. The van der Waals surface area contributed by atoms with Gasteiger partial charge in [0.05, 0.1) is 0 Å². The van der Waals surface area contributed by atoms with Crippen molar-refractivity contribution in [1.82, 2.24) is 0 Å². The summed E-state index contributed by atoms with van der Waals surface area (Å²) in [6.07, 6.45) is 0. The Morgan fingerprint density at radius 2 is 1.00 bits per heavy atom.